The van der Waals surface area contributed by atoms with Gasteiger partial charge in [0, 0.05) is 22.2 Å². The van der Waals surface area contributed by atoms with E-state index in [1.807, 2.05) is 0 Å². The largest absolute Gasteiger partial charge is 0.310 e. The zero-order chi connectivity index (χ0) is 42.1. The lowest BCUT2D eigenvalue weighted by Gasteiger charge is -2.36. The van der Waals surface area contributed by atoms with E-state index in [-0.39, 0.29) is 5.41 Å². The van der Waals surface area contributed by atoms with E-state index in [2.05, 4.69) is 195 Å². The van der Waals surface area contributed by atoms with Gasteiger partial charge in [0.05, 0.1) is 11.1 Å². The molecule has 8 aromatic rings. The van der Waals surface area contributed by atoms with Crippen molar-refractivity contribution in [3.8, 4) is 22.3 Å². The van der Waals surface area contributed by atoms with Gasteiger partial charge in [-0.3, -0.25) is 0 Å². The summed E-state index contributed by atoms with van der Waals surface area (Å²) in [4.78, 5) is 2.68. The molecule has 12 rings (SSSR count). The fourth-order valence-corrected chi connectivity index (χ4v) is 12.8. The van der Waals surface area contributed by atoms with E-state index >= 15 is 0 Å². The van der Waals surface area contributed by atoms with Crippen LogP contribution in [-0.2, 0) is 10.8 Å². The van der Waals surface area contributed by atoms with Crippen molar-refractivity contribution in [2.45, 2.75) is 101 Å². The second-order valence-corrected chi connectivity index (χ2v) is 19.6. The maximum atomic E-state index is 2.68. The summed E-state index contributed by atoms with van der Waals surface area (Å²) in [5.41, 5.74) is 19.8. The van der Waals surface area contributed by atoms with Gasteiger partial charge in [0.15, 0.2) is 0 Å². The summed E-state index contributed by atoms with van der Waals surface area (Å²) in [5, 5.41) is 2.61. The van der Waals surface area contributed by atoms with Crippen molar-refractivity contribution in [2.24, 2.45) is 0 Å². The fourth-order valence-electron chi connectivity index (χ4n) is 12.8. The molecule has 0 saturated heterocycles. The monoisotopic (exact) mass is 815 g/mol. The Hall–Kier alpha value is -6.18. The minimum atomic E-state index is -0.487. The summed E-state index contributed by atoms with van der Waals surface area (Å²) in [6, 6.07) is 68.1. The molecule has 0 radical (unpaired) electrons. The van der Waals surface area contributed by atoms with Gasteiger partial charge in [-0.25, -0.2) is 0 Å². The molecule has 0 atom stereocenters. The van der Waals surface area contributed by atoms with Crippen LogP contribution in [0.1, 0.15) is 134 Å². The number of hydrogen-bond acceptors (Lipinski definition) is 1. The molecule has 0 bridgehead atoms. The number of anilines is 3. The number of fused-ring (bicyclic) bond motifs is 7. The molecule has 63 heavy (non-hydrogen) atoms. The van der Waals surface area contributed by atoms with Crippen LogP contribution in [0.15, 0.2) is 176 Å². The van der Waals surface area contributed by atoms with Gasteiger partial charge in [-0.05, 0) is 134 Å². The molecular weight excluding hydrogens is 759 g/mol. The minimum Gasteiger partial charge on any atom is -0.310 e. The van der Waals surface area contributed by atoms with Gasteiger partial charge in [0.25, 0.3) is 0 Å². The van der Waals surface area contributed by atoms with Crippen LogP contribution < -0.4 is 4.90 Å². The van der Waals surface area contributed by atoms with E-state index in [0.29, 0.717) is 11.8 Å². The summed E-state index contributed by atoms with van der Waals surface area (Å²) >= 11 is 0. The van der Waals surface area contributed by atoms with Crippen molar-refractivity contribution in [1.82, 2.24) is 0 Å². The van der Waals surface area contributed by atoms with E-state index in [0.717, 1.165) is 0 Å². The lowest BCUT2D eigenvalue weighted by molar-refractivity contribution is 0.443. The number of nitrogens with zero attached hydrogens (tertiary/aromatic N) is 1. The quantitative estimate of drug-likeness (QED) is 0.155. The predicted octanol–water partition coefficient (Wildman–Crippen LogP) is 17.1. The first kappa shape index (κ1) is 38.5. The second-order valence-electron chi connectivity index (χ2n) is 19.6. The molecule has 310 valence electrons. The van der Waals surface area contributed by atoms with E-state index in [1.165, 1.54) is 153 Å². The predicted molar refractivity (Wildman–Crippen MR) is 265 cm³/mol. The van der Waals surface area contributed by atoms with Gasteiger partial charge in [0.2, 0.25) is 0 Å². The summed E-state index contributed by atoms with van der Waals surface area (Å²) in [7, 11) is 0. The van der Waals surface area contributed by atoms with Crippen LogP contribution in [0.3, 0.4) is 0 Å². The summed E-state index contributed by atoms with van der Waals surface area (Å²) in [6.45, 7) is 4.95. The topological polar surface area (TPSA) is 3.24 Å². The Kier molecular flexibility index (Phi) is 9.33. The minimum absolute atomic E-state index is 0.128. The first-order valence-electron chi connectivity index (χ1n) is 24.0. The Morgan fingerprint density at radius 3 is 1.62 bits per heavy atom. The lowest BCUT2D eigenvalue weighted by atomic mass is 9.67. The third kappa shape index (κ3) is 6.02. The molecule has 0 aliphatic heterocycles. The first-order valence-corrected chi connectivity index (χ1v) is 24.0. The van der Waals surface area contributed by atoms with Crippen LogP contribution in [0.25, 0.3) is 33.0 Å². The maximum absolute atomic E-state index is 2.68. The van der Waals surface area contributed by atoms with Crippen molar-refractivity contribution in [3.05, 3.63) is 220 Å². The van der Waals surface area contributed by atoms with Crippen molar-refractivity contribution < 1.29 is 0 Å². The van der Waals surface area contributed by atoms with Gasteiger partial charge in [-0.2, -0.15) is 0 Å². The Morgan fingerprint density at radius 2 is 0.937 bits per heavy atom. The molecule has 4 aliphatic rings. The van der Waals surface area contributed by atoms with E-state index in [1.54, 1.807) is 5.56 Å². The van der Waals surface area contributed by atoms with Crippen LogP contribution in [0.4, 0.5) is 17.1 Å². The highest BCUT2D eigenvalue weighted by atomic mass is 15.1. The standard InChI is InChI=1S/C62H57N/c1-61(2)57-39-45(42-19-7-3-8-20-42)32-36-53(57)54-37-33-48(40-58(54)61)63(60-50-28-16-15-23-44(50)31-35-51(60)43-21-9-4-10-22-43)49-34-38-55-52-29-17-18-30-56(52)62(59(55)41-49,46-24-11-5-12-25-46)47-26-13-6-14-27-47/h5-6,11-18,23-43H,3-4,7-10,19-22H2,1-2H3. The molecular formula is C62H57N. The molecule has 0 N–H and O–H groups in total. The van der Waals surface area contributed by atoms with Gasteiger partial charge >= 0.3 is 0 Å². The normalized spacial score (nSPS) is 17.5. The average Bonchev–Trinajstić information content (AvgIpc) is 3.77. The molecule has 0 spiro atoms. The number of hydrogen-bond donors (Lipinski definition) is 0. The van der Waals surface area contributed by atoms with Gasteiger partial charge in [0.1, 0.15) is 0 Å². The molecule has 1 heteroatoms. The van der Waals surface area contributed by atoms with Gasteiger partial charge in [-0.1, -0.05) is 204 Å². The van der Waals surface area contributed by atoms with Crippen molar-refractivity contribution in [1.29, 1.82) is 0 Å². The summed E-state index contributed by atoms with van der Waals surface area (Å²) in [5.74, 6) is 1.20. The second kappa shape index (κ2) is 15.3. The zero-order valence-electron chi connectivity index (χ0n) is 36.9. The third-order valence-corrected chi connectivity index (χ3v) is 15.9. The molecule has 0 amide bonds. The average molecular weight is 816 g/mol. The molecule has 1 nitrogen and oxygen atoms in total. The van der Waals surface area contributed by atoms with Crippen LogP contribution in [0, 0.1) is 0 Å². The van der Waals surface area contributed by atoms with E-state index < -0.39 is 5.41 Å². The Bertz CT molecular complexity index is 2960. The first-order chi connectivity index (χ1) is 31.0. The van der Waals surface area contributed by atoms with Crippen LogP contribution in [0.5, 0.6) is 0 Å². The van der Waals surface area contributed by atoms with Crippen LogP contribution in [-0.4, -0.2) is 0 Å². The highest BCUT2D eigenvalue weighted by Crippen LogP contribution is 2.59. The molecule has 0 unspecified atom stereocenters. The van der Waals surface area contributed by atoms with Crippen molar-refractivity contribution in [2.75, 3.05) is 4.90 Å². The molecule has 0 aromatic heterocycles. The molecule has 4 aliphatic carbocycles. The molecule has 8 aromatic carbocycles. The lowest BCUT2D eigenvalue weighted by Crippen LogP contribution is -2.28. The smallest absolute Gasteiger partial charge is 0.0714 e. The SMILES string of the molecule is CC1(C)c2cc(C3CCCCC3)ccc2-c2ccc(N(c3ccc4c(c3)C(c3ccccc3)(c3ccccc3)c3ccccc3-4)c3c(C4CCCCC4)ccc4ccccc34)cc21. The van der Waals surface area contributed by atoms with Crippen LogP contribution in [0.2, 0.25) is 0 Å². The van der Waals surface area contributed by atoms with Crippen LogP contribution >= 0.6 is 0 Å². The number of rotatable bonds is 7. The summed E-state index contributed by atoms with van der Waals surface area (Å²) in [6.07, 6.45) is 13.1. The zero-order valence-corrected chi connectivity index (χ0v) is 36.9. The Morgan fingerprint density at radius 1 is 0.413 bits per heavy atom. The number of benzene rings is 8. The van der Waals surface area contributed by atoms with Gasteiger partial charge in [-0.15, -0.1) is 0 Å². The molecule has 2 saturated carbocycles. The fraction of sp³-hybridized carbons (Fsp3) is 0.258. The molecule has 2 fully saturated rings. The van der Waals surface area contributed by atoms with Crippen molar-refractivity contribution >= 4 is 27.8 Å². The Labute approximate surface area is 374 Å². The maximum Gasteiger partial charge on any atom is 0.0714 e. The van der Waals surface area contributed by atoms with E-state index in [4.69, 9.17) is 0 Å². The highest BCUT2D eigenvalue weighted by molar-refractivity contribution is 6.02. The van der Waals surface area contributed by atoms with Crippen molar-refractivity contribution in [3.63, 3.8) is 0 Å². The van der Waals surface area contributed by atoms with E-state index in [9.17, 15) is 0 Å². The Balaban J connectivity index is 1.11. The third-order valence-electron chi connectivity index (χ3n) is 15.9. The molecule has 0 heterocycles. The van der Waals surface area contributed by atoms with Gasteiger partial charge < -0.3 is 4.90 Å². The summed E-state index contributed by atoms with van der Waals surface area (Å²) < 4.78 is 0. The highest BCUT2D eigenvalue weighted by Gasteiger charge is 2.46.